The summed E-state index contributed by atoms with van der Waals surface area (Å²) < 4.78 is 18.9. The topological polar surface area (TPSA) is 71.3 Å². The molecule has 1 atom stereocenters. The van der Waals surface area contributed by atoms with E-state index in [1.165, 1.54) is 12.1 Å². The highest BCUT2D eigenvalue weighted by Crippen LogP contribution is 2.43. The van der Waals surface area contributed by atoms with E-state index < -0.39 is 0 Å². The molecule has 1 aliphatic heterocycles. The molecule has 1 saturated carbocycles. The molecule has 2 fully saturated rings. The smallest absolute Gasteiger partial charge is 0.259 e. The number of carbonyl (C=O) groups is 1. The molecule has 2 aromatic heterocycles. The summed E-state index contributed by atoms with van der Waals surface area (Å²) in [5, 5.41) is 8.26. The van der Waals surface area contributed by atoms with Crippen LogP contribution in [-0.4, -0.2) is 47.1 Å². The number of rotatable bonds is 4. The van der Waals surface area contributed by atoms with E-state index in [9.17, 15) is 9.18 Å². The summed E-state index contributed by atoms with van der Waals surface area (Å²) >= 11 is 0. The SMILES string of the molecule is CNC1CCCN(C(=O)c2cc(-c3ccc(F)cc3)nc3onc(C4CC4)c23)C1.Cl. The normalized spacial score (nSPS) is 19.0. The number of benzene rings is 1. The van der Waals surface area contributed by atoms with Gasteiger partial charge in [0.05, 0.1) is 22.3 Å². The van der Waals surface area contributed by atoms with Crippen LogP contribution in [0.3, 0.4) is 0 Å². The van der Waals surface area contributed by atoms with Gasteiger partial charge in [-0.2, -0.15) is 0 Å². The van der Waals surface area contributed by atoms with Crippen molar-refractivity contribution >= 4 is 29.4 Å². The van der Waals surface area contributed by atoms with Crippen LogP contribution in [0, 0.1) is 5.82 Å². The third-order valence-corrected chi connectivity index (χ3v) is 5.92. The summed E-state index contributed by atoms with van der Waals surface area (Å²) in [6.07, 6.45) is 4.14. The first-order valence-electron chi connectivity index (χ1n) is 10.2. The zero-order valence-corrected chi connectivity index (χ0v) is 17.5. The van der Waals surface area contributed by atoms with Crippen LogP contribution in [0.4, 0.5) is 4.39 Å². The van der Waals surface area contributed by atoms with Crippen molar-refractivity contribution in [1.29, 1.82) is 0 Å². The number of hydrogen-bond acceptors (Lipinski definition) is 5. The van der Waals surface area contributed by atoms with Crippen LogP contribution in [0.2, 0.25) is 0 Å². The van der Waals surface area contributed by atoms with Crippen molar-refractivity contribution < 1.29 is 13.7 Å². The quantitative estimate of drug-likeness (QED) is 0.673. The average Bonchev–Trinajstić information content (AvgIpc) is 3.52. The molecule has 5 rings (SSSR count). The lowest BCUT2D eigenvalue weighted by Gasteiger charge is -2.32. The molecule has 0 spiro atoms. The molecule has 158 valence electrons. The van der Waals surface area contributed by atoms with Gasteiger partial charge in [0.25, 0.3) is 11.6 Å². The number of likely N-dealkylation sites (N-methyl/N-ethyl adjacent to an activating group) is 1. The highest BCUT2D eigenvalue weighted by atomic mass is 35.5. The predicted octanol–water partition coefficient (Wildman–Crippen LogP) is 4.15. The van der Waals surface area contributed by atoms with Crippen molar-refractivity contribution in [2.75, 3.05) is 20.1 Å². The third-order valence-electron chi connectivity index (χ3n) is 5.92. The fraction of sp³-hybridized carbons (Fsp3) is 0.409. The Kier molecular flexibility index (Phi) is 5.75. The molecule has 0 bridgehead atoms. The van der Waals surface area contributed by atoms with Crippen molar-refractivity contribution in [3.63, 3.8) is 0 Å². The van der Waals surface area contributed by atoms with Gasteiger partial charge >= 0.3 is 0 Å². The Bertz CT molecular complexity index is 1060. The van der Waals surface area contributed by atoms with Gasteiger partial charge in [-0.15, -0.1) is 12.4 Å². The van der Waals surface area contributed by atoms with Gasteiger partial charge in [-0.25, -0.2) is 9.37 Å². The Hall–Kier alpha value is -2.51. The van der Waals surface area contributed by atoms with E-state index in [-0.39, 0.29) is 24.1 Å². The molecule has 30 heavy (non-hydrogen) atoms. The number of amides is 1. The van der Waals surface area contributed by atoms with E-state index in [1.807, 2.05) is 18.0 Å². The Morgan fingerprint density at radius 3 is 2.70 bits per heavy atom. The van der Waals surface area contributed by atoms with Crippen molar-refractivity contribution in [3.05, 3.63) is 47.4 Å². The number of nitrogens with one attached hydrogen (secondary N) is 1. The summed E-state index contributed by atoms with van der Waals surface area (Å²) in [7, 11) is 1.93. The monoisotopic (exact) mass is 430 g/mol. The van der Waals surface area contributed by atoms with E-state index >= 15 is 0 Å². The molecule has 1 N–H and O–H groups in total. The second-order valence-electron chi connectivity index (χ2n) is 7.96. The van der Waals surface area contributed by atoms with E-state index in [1.54, 1.807) is 12.1 Å². The molecule has 1 aliphatic carbocycles. The summed E-state index contributed by atoms with van der Waals surface area (Å²) in [5.74, 6) is 0.00623. The van der Waals surface area contributed by atoms with Gasteiger partial charge in [0, 0.05) is 30.6 Å². The van der Waals surface area contributed by atoms with Crippen LogP contribution in [0.5, 0.6) is 0 Å². The predicted molar refractivity (Wildman–Crippen MR) is 114 cm³/mol. The number of nitrogens with zero attached hydrogens (tertiary/aromatic N) is 3. The molecular weight excluding hydrogens is 407 g/mol. The maximum atomic E-state index is 13.5. The Morgan fingerprint density at radius 2 is 2.00 bits per heavy atom. The minimum absolute atomic E-state index is 0. The highest BCUT2D eigenvalue weighted by Gasteiger charge is 2.34. The number of aromatic nitrogens is 2. The summed E-state index contributed by atoms with van der Waals surface area (Å²) in [6.45, 7) is 1.41. The molecule has 3 heterocycles. The molecule has 6 nitrogen and oxygen atoms in total. The van der Waals surface area contributed by atoms with Gasteiger partial charge in [0.1, 0.15) is 5.82 Å². The van der Waals surface area contributed by atoms with Crippen molar-refractivity contribution in [3.8, 4) is 11.3 Å². The van der Waals surface area contributed by atoms with Crippen LogP contribution in [0.15, 0.2) is 34.9 Å². The van der Waals surface area contributed by atoms with Crippen LogP contribution in [-0.2, 0) is 0 Å². The minimum atomic E-state index is -0.312. The Morgan fingerprint density at radius 1 is 1.23 bits per heavy atom. The first-order valence-corrected chi connectivity index (χ1v) is 10.2. The first-order chi connectivity index (χ1) is 14.1. The first kappa shape index (κ1) is 20.8. The van der Waals surface area contributed by atoms with Gasteiger partial charge < -0.3 is 14.7 Å². The zero-order chi connectivity index (χ0) is 20.0. The maximum Gasteiger partial charge on any atom is 0.259 e. The lowest BCUT2D eigenvalue weighted by atomic mass is 10.0. The molecule has 0 radical (unpaired) electrons. The van der Waals surface area contributed by atoms with Gasteiger partial charge in [-0.1, -0.05) is 5.16 Å². The largest absolute Gasteiger partial charge is 0.337 e. The number of halogens is 2. The third kappa shape index (κ3) is 3.79. The van der Waals surface area contributed by atoms with Crippen LogP contribution in [0.25, 0.3) is 22.4 Å². The van der Waals surface area contributed by atoms with Crippen LogP contribution < -0.4 is 5.32 Å². The Balaban J connectivity index is 0.00000218. The fourth-order valence-corrected chi connectivity index (χ4v) is 4.11. The molecule has 3 aromatic rings. The number of pyridine rings is 1. The van der Waals surface area contributed by atoms with Crippen molar-refractivity contribution in [2.45, 2.75) is 37.6 Å². The van der Waals surface area contributed by atoms with Crippen LogP contribution in [0.1, 0.15) is 47.7 Å². The van der Waals surface area contributed by atoms with Gasteiger partial charge in [-0.3, -0.25) is 4.79 Å². The van der Waals surface area contributed by atoms with Gasteiger partial charge in [0.2, 0.25) is 0 Å². The van der Waals surface area contributed by atoms with E-state index in [0.717, 1.165) is 48.9 Å². The van der Waals surface area contributed by atoms with E-state index in [4.69, 9.17) is 4.52 Å². The van der Waals surface area contributed by atoms with Gasteiger partial charge in [0.15, 0.2) is 0 Å². The number of hydrogen-bond donors (Lipinski definition) is 1. The maximum absolute atomic E-state index is 13.5. The lowest BCUT2D eigenvalue weighted by Crippen LogP contribution is -2.47. The number of carbonyl (C=O) groups excluding carboxylic acids is 1. The Labute approximate surface area is 180 Å². The lowest BCUT2D eigenvalue weighted by molar-refractivity contribution is 0.0700. The minimum Gasteiger partial charge on any atom is -0.337 e. The van der Waals surface area contributed by atoms with Crippen molar-refractivity contribution in [2.24, 2.45) is 0 Å². The molecule has 1 amide bonds. The van der Waals surface area contributed by atoms with Gasteiger partial charge in [-0.05, 0) is 63.1 Å². The fourth-order valence-electron chi connectivity index (χ4n) is 4.11. The summed E-state index contributed by atoms with van der Waals surface area (Å²) in [4.78, 5) is 20.0. The van der Waals surface area contributed by atoms with Crippen LogP contribution >= 0.6 is 12.4 Å². The van der Waals surface area contributed by atoms with E-state index in [2.05, 4.69) is 15.5 Å². The summed E-state index contributed by atoms with van der Waals surface area (Å²) in [6, 6.07) is 8.21. The number of likely N-dealkylation sites (tertiary alicyclic amines) is 1. The van der Waals surface area contributed by atoms with E-state index in [0.29, 0.717) is 35.5 Å². The second kappa shape index (κ2) is 8.32. The molecule has 1 aromatic carbocycles. The standard InChI is InChI=1S/C22H23FN4O2.ClH/c1-24-16-3-2-10-27(12-16)22(28)17-11-18(13-6-8-15(23)9-7-13)25-21-19(17)20(26-29-21)14-4-5-14;/h6-9,11,14,16,24H,2-5,10,12H2,1H3;1H. The second-order valence-corrected chi connectivity index (χ2v) is 7.96. The molecule has 1 unspecified atom stereocenters. The van der Waals surface area contributed by atoms with Crippen molar-refractivity contribution in [1.82, 2.24) is 20.4 Å². The molecular formula is C22H24ClFN4O2. The zero-order valence-electron chi connectivity index (χ0n) is 16.7. The number of piperidine rings is 1. The number of fused-ring (bicyclic) bond motifs is 1. The molecule has 1 saturated heterocycles. The highest BCUT2D eigenvalue weighted by molar-refractivity contribution is 6.07. The summed E-state index contributed by atoms with van der Waals surface area (Å²) in [5.41, 5.74) is 3.11. The molecule has 2 aliphatic rings. The average molecular weight is 431 g/mol. The molecule has 8 heteroatoms.